The molecule has 0 spiro atoms. The number of carbonyl (C=O) groups is 1. The SMILES string of the molecule is Cc1ncnn1Cc1cncc(N2CCc3cc(Cl)ccc3C2=O)c1. The average molecular weight is 354 g/mol. The summed E-state index contributed by atoms with van der Waals surface area (Å²) in [6, 6.07) is 7.40. The van der Waals surface area contributed by atoms with E-state index in [1.54, 1.807) is 34.1 Å². The molecule has 126 valence electrons. The molecule has 0 unspecified atom stereocenters. The van der Waals surface area contributed by atoms with Gasteiger partial charge in [-0.1, -0.05) is 11.6 Å². The predicted molar refractivity (Wildman–Crippen MR) is 94.9 cm³/mol. The molecule has 1 aliphatic rings. The van der Waals surface area contributed by atoms with Gasteiger partial charge in [-0.05, 0) is 48.7 Å². The fourth-order valence-electron chi connectivity index (χ4n) is 3.06. The number of benzene rings is 1. The van der Waals surface area contributed by atoms with Crippen LogP contribution in [0.15, 0.2) is 43.0 Å². The fourth-order valence-corrected chi connectivity index (χ4v) is 3.26. The van der Waals surface area contributed by atoms with Crippen LogP contribution < -0.4 is 4.90 Å². The van der Waals surface area contributed by atoms with E-state index in [4.69, 9.17) is 11.6 Å². The molecule has 0 saturated carbocycles. The first-order valence-corrected chi connectivity index (χ1v) is 8.38. The molecule has 4 rings (SSSR count). The lowest BCUT2D eigenvalue weighted by atomic mass is 9.98. The smallest absolute Gasteiger partial charge is 0.258 e. The highest BCUT2D eigenvalue weighted by Gasteiger charge is 2.25. The van der Waals surface area contributed by atoms with Gasteiger partial charge in [0.1, 0.15) is 12.2 Å². The molecule has 0 fully saturated rings. The van der Waals surface area contributed by atoms with Crippen molar-refractivity contribution in [1.82, 2.24) is 19.7 Å². The van der Waals surface area contributed by atoms with E-state index in [0.717, 1.165) is 29.1 Å². The number of halogens is 1. The summed E-state index contributed by atoms with van der Waals surface area (Å²) in [4.78, 5) is 23.0. The molecule has 3 aromatic rings. The number of pyridine rings is 1. The van der Waals surface area contributed by atoms with Gasteiger partial charge in [-0.15, -0.1) is 0 Å². The number of aryl methyl sites for hydroxylation is 1. The lowest BCUT2D eigenvalue weighted by Crippen LogP contribution is -2.37. The van der Waals surface area contributed by atoms with Crippen LogP contribution in [0.25, 0.3) is 0 Å². The summed E-state index contributed by atoms with van der Waals surface area (Å²) in [6.07, 6.45) is 5.81. The molecule has 3 heterocycles. The summed E-state index contributed by atoms with van der Waals surface area (Å²) in [6.45, 7) is 3.08. The molecule has 0 aliphatic carbocycles. The second kappa shape index (κ2) is 6.29. The number of anilines is 1. The number of hydrogen-bond donors (Lipinski definition) is 0. The maximum absolute atomic E-state index is 12.8. The largest absolute Gasteiger partial charge is 0.306 e. The van der Waals surface area contributed by atoms with E-state index >= 15 is 0 Å². The topological polar surface area (TPSA) is 63.9 Å². The molecule has 25 heavy (non-hydrogen) atoms. The van der Waals surface area contributed by atoms with E-state index in [1.165, 1.54) is 6.33 Å². The fraction of sp³-hybridized carbons (Fsp3) is 0.222. The lowest BCUT2D eigenvalue weighted by molar-refractivity contribution is 0.0980. The van der Waals surface area contributed by atoms with Gasteiger partial charge in [0, 0.05) is 23.3 Å². The van der Waals surface area contributed by atoms with Crippen molar-refractivity contribution in [3.63, 3.8) is 0 Å². The molecule has 0 radical (unpaired) electrons. The molecule has 1 aromatic carbocycles. The predicted octanol–water partition coefficient (Wildman–Crippen LogP) is 2.89. The number of rotatable bonds is 3. The maximum Gasteiger partial charge on any atom is 0.258 e. The summed E-state index contributed by atoms with van der Waals surface area (Å²) < 4.78 is 1.80. The Bertz CT molecular complexity index is 952. The van der Waals surface area contributed by atoms with Gasteiger partial charge in [0.05, 0.1) is 18.4 Å². The Morgan fingerprint density at radius 3 is 2.92 bits per heavy atom. The minimum Gasteiger partial charge on any atom is -0.306 e. The molecule has 2 aromatic heterocycles. The Labute approximate surface area is 150 Å². The van der Waals surface area contributed by atoms with E-state index in [1.807, 2.05) is 19.1 Å². The van der Waals surface area contributed by atoms with Gasteiger partial charge in [0.2, 0.25) is 0 Å². The standard InChI is InChI=1S/C18H16ClN5O/c1-12-21-11-22-24(12)10-13-6-16(9-20-8-13)23-5-4-14-7-15(19)2-3-17(14)18(23)25/h2-3,6-9,11H,4-5,10H2,1H3. The molecule has 6 nitrogen and oxygen atoms in total. The van der Waals surface area contributed by atoms with Crippen LogP contribution in [0.5, 0.6) is 0 Å². The third-order valence-corrected chi connectivity index (χ3v) is 4.62. The number of nitrogens with zero attached hydrogens (tertiary/aromatic N) is 5. The first-order valence-electron chi connectivity index (χ1n) is 8.00. The second-order valence-electron chi connectivity index (χ2n) is 6.02. The highest BCUT2D eigenvalue weighted by atomic mass is 35.5. The molecule has 0 bridgehead atoms. The Morgan fingerprint density at radius 1 is 1.24 bits per heavy atom. The number of fused-ring (bicyclic) bond motifs is 1. The summed E-state index contributed by atoms with van der Waals surface area (Å²) in [5.74, 6) is 0.819. The zero-order chi connectivity index (χ0) is 17.4. The maximum atomic E-state index is 12.8. The Morgan fingerprint density at radius 2 is 2.12 bits per heavy atom. The van der Waals surface area contributed by atoms with Gasteiger partial charge in [0.15, 0.2) is 0 Å². The van der Waals surface area contributed by atoms with Crippen molar-refractivity contribution in [3.05, 3.63) is 70.5 Å². The normalized spacial score (nSPS) is 13.8. The van der Waals surface area contributed by atoms with Crippen molar-refractivity contribution in [3.8, 4) is 0 Å². The molecule has 1 aliphatic heterocycles. The monoisotopic (exact) mass is 353 g/mol. The van der Waals surface area contributed by atoms with Gasteiger partial charge in [0.25, 0.3) is 5.91 Å². The van der Waals surface area contributed by atoms with Crippen LogP contribution in [0.1, 0.15) is 27.3 Å². The van der Waals surface area contributed by atoms with Crippen molar-refractivity contribution < 1.29 is 4.79 Å². The van der Waals surface area contributed by atoms with Crippen LogP contribution in [0, 0.1) is 6.92 Å². The molecule has 0 atom stereocenters. The van der Waals surface area contributed by atoms with E-state index in [-0.39, 0.29) is 5.91 Å². The van der Waals surface area contributed by atoms with Gasteiger partial charge < -0.3 is 4.90 Å². The van der Waals surface area contributed by atoms with Gasteiger partial charge in [-0.2, -0.15) is 5.10 Å². The zero-order valence-corrected chi connectivity index (χ0v) is 14.4. The summed E-state index contributed by atoms with van der Waals surface area (Å²) in [7, 11) is 0. The first kappa shape index (κ1) is 15.8. The Balaban J connectivity index is 1.62. The number of carbonyl (C=O) groups excluding carboxylic acids is 1. The van der Waals surface area contributed by atoms with Crippen LogP contribution in [0.2, 0.25) is 5.02 Å². The van der Waals surface area contributed by atoms with Crippen molar-refractivity contribution in [2.24, 2.45) is 0 Å². The van der Waals surface area contributed by atoms with E-state index < -0.39 is 0 Å². The number of hydrogen-bond acceptors (Lipinski definition) is 4. The lowest BCUT2D eigenvalue weighted by Gasteiger charge is -2.28. The van der Waals surface area contributed by atoms with E-state index in [0.29, 0.717) is 23.7 Å². The van der Waals surface area contributed by atoms with Gasteiger partial charge >= 0.3 is 0 Å². The second-order valence-corrected chi connectivity index (χ2v) is 6.46. The Kier molecular flexibility index (Phi) is 3.97. The Hall–Kier alpha value is -2.73. The van der Waals surface area contributed by atoms with Crippen molar-refractivity contribution >= 4 is 23.2 Å². The summed E-state index contributed by atoms with van der Waals surface area (Å²) in [5.41, 5.74) is 3.46. The van der Waals surface area contributed by atoms with Crippen LogP contribution in [0.3, 0.4) is 0 Å². The van der Waals surface area contributed by atoms with Crippen LogP contribution in [-0.4, -0.2) is 32.2 Å². The van der Waals surface area contributed by atoms with E-state index in [2.05, 4.69) is 15.1 Å². The van der Waals surface area contributed by atoms with Crippen LogP contribution in [0.4, 0.5) is 5.69 Å². The van der Waals surface area contributed by atoms with Crippen molar-refractivity contribution in [1.29, 1.82) is 0 Å². The molecule has 1 amide bonds. The number of aromatic nitrogens is 4. The molecule has 7 heteroatoms. The van der Waals surface area contributed by atoms with Crippen molar-refractivity contribution in [2.75, 3.05) is 11.4 Å². The minimum absolute atomic E-state index is 0.0196. The average Bonchev–Trinajstić information content (AvgIpc) is 3.00. The highest BCUT2D eigenvalue weighted by Crippen LogP contribution is 2.26. The minimum atomic E-state index is -0.0196. The summed E-state index contributed by atoms with van der Waals surface area (Å²) in [5, 5.41) is 4.85. The quantitative estimate of drug-likeness (QED) is 0.726. The number of amides is 1. The highest BCUT2D eigenvalue weighted by molar-refractivity contribution is 6.30. The van der Waals surface area contributed by atoms with Crippen molar-refractivity contribution in [2.45, 2.75) is 19.9 Å². The molecular formula is C18H16ClN5O. The summed E-state index contributed by atoms with van der Waals surface area (Å²) >= 11 is 6.03. The van der Waals surface area contributed by atoms with E-state index in [9.17, 15) is 4.79 Å². The van der Waals surface area contributed by atoms with Crippen LogP contribution >= 0.6 is 11.6 Å². The first-order chi connectivity index (χ1) is 12.1. The molecule has 0 saturated heterocycles. The molecular weight excluding hydrogens is 338 g/mol. The van der Waals surface area contributed by atoms with Gasteiger partial charge in [-0.3, -0.25) is 9.78 Å². The van der Waals surface area contributed by atoms with Gasteiger partial charge in [-0.25, -0.2) is 9.67 Å². The molecule has 0 N–H and O–H groups in total. The van der Waals surface area contributed by atoms with Crippen LogP contribution in [-0.2, 0) is 13.0 Å². The zero-order valence-electron chi connectivity index (χ0n) is 13.7. The third-order valence-electron chi connectivity index (χ3n) is 4.38. The third kappa shape index (κ3) is 3.00.